The van der Waals surface area contributed by atoms with Crippen LogP contribution in [0.25, 0.3) is 5.65 Å². The SMILES string of the molecule is COC(=O)c1cccn2nc(Cc3ccc(OC)cc3)nc12. The van der Waals surface area contributed by atoms with E-state index in [9.17, 15) is 4.79 Å². The van der Waals surface area contributed by atoms with E-state index in [4.69, 9.17) is 9.47 Å². The molecule has 0 N–H and O–H groups in total. The highest BCUT2D eigenvalue weighted by molar-refractivity contribution is 5.95. The summed E-state index contributed by atoms with van der Waals surface area (Å²) in [5.74, 6) is 1.02. The minimum absolute atomic E-state index is 0.401. The fraction of sp³-hybridized carbons (Fsp3) is 0.188. The van der Waals surface area contributed by atoms with E-state index in [-0.39, 0.29) is 0 Å². The number of carbonyl (C=O) groups excluding carboxylic acids is 1. The molecule has 0 spiro atoms. The maximum atomic E-state index is 11.7. The van der Waals surface area contributed by atoms with Gasteiger partial charge < -0.3 is 9.47 Å². The molecular weight excluding hydrogens is 282 g/mol. The summed E-state index contributed by atoms with van der Waals surface area (Å²) in [4.78, 5) is 16.2. The number of rotatable bonds is 4. The molecular formula is C16H15N3O3. The average molecular weight is 297 g/mol. The van der Waals surface area contributed by atoms with Crippen LogP contribution < -0.4 is 4.74 Å². The number of benzene rings is 1. The summed E-state index contributed by atoms with van der Waals surface area (Å²) in [6.07, 6.45) is 2.33. The van der Waals surface area contributed by atoms with E-state index in [1.807, 2.05) is 24.3 Å². The predicted molar refractivity (Wildman–Crippen MR) is 80.1 cm³/mol. The number of hydrogen-bond donors (Lipinski definition) is 0. The van der Waals surface area contributed by atoms with E-state index < -0.39 is 5.97 Å². The number of ether oxygens (including phenoxy) is 2. The lowest BCUT2D eigenvalue weighted by Crippen LogP contribution is -2.04. The molecule has 0 fully saturated rings. The summed E-state index contributed by atoms with van der Waals surface area (Å²) in [5, 5.41) is 4.39. The maximum absolute atomic E-state index is 11.7. The second-order valence-electron chi connectivity index (χ2n) is 4.73. The Morgan fingerprint density at radius 1 is 1.18 bits per heavy atom. The minimum atomic E-state index is -0.422. The Kier molecular flexibility index (Phi) is 3.74. The molecule has 6 nitrogen and oxygen atoms in total. The van der Waals surface area contributed by atoms with Gasteiger partial charge in [-0.15, -0.1) is 0 Å². The van der Waals surface area contributed by atoms with Crippen LogP contribution in [0.2, 0.25) is 0 Å². The molecule has 22 heavy (non-hydrogen) atoms. The van der Waals surface area contributed by atoms with Gasteiger partial charge in [0, 0.05) is 12.6 Å². The summed E-state index contributed by atoms with van der Waals surface area (Å²) in [5.41, 5.74) is 1.97. The standard InChI is InChI=1S/C16H15N3O3/c1-21-12-7-5-11(6-8-12)10-14-17-15-13(16(20)22-2)4-3-9-19(15)18-14/h3-9H,10H2,1-2H3. The molecule has 3 aromatic rings. The van der Waals surface area contributed by atoms with Crippen LogP contribution in [0.1, 0.15) is 21.7 Å². The van der Waals surface area contributed by atoms with Crippen LogP contribution in [0.3, 0.4) is 0 Å². The third-order valence-electron chi connectivity index (χ3n) is 3.33. The van der Waals surface area contributed by atoms with Gasteiger partial charge in [-0.1, -0.05) is 12.1 Å². The van der Waals surface area contributed by atoms with E-state index in [2.05, 4.69) is 10.1 Å². The number of nitrogens with zero attached hydrogens (tertiary/aromatic N) is 3. The van der Waals surface area contributed by atoms with Crippen LogP contribution in [0.4, 0.5) is 0 Å². The van der Waals surface area contributed by atoms with E-state index in [1.54, 1.807) is 30.0 Å². The molecule has 0 aliphatic heterocycles. The number of esters is 1. The Bertz CT molecular complexity index is 809. The first-order chi connectivity index (χ1) is 10.7. The largest absolute Gasteiger partial charge is 0.497 e. The number of carbonyl (C=O) groups is 1. The van der Waals surface area contributed by atoms with Crippen molar-refractivity contribution in [1.82, 2.24) is 14.6 Å². The molecule has 0 amide bonds. The Hall–Kier alpha value is -2.89. The summed E-state index contributed by atoms with van der Waals surface area (Å²) < 4.78 is 11.5. The third-order valence-corrected chi connectivity index (χ3v) is 3.33. The van der Waals surface area contributed by atoms with E-state index in [0.717, 1.165) is 11.3 Å². The maximum Gasteiger partial charge on any atom is 0.341 e. The Morgan fingerprint density at radius 3 is 2.64 bits per heavy atom. The van der Waals surface area contributed by atoms with Gasteiger partial charge in [0.25, 0.3) is 0 Å². The van der Waals surface area contributed by atoms with Crippen LogP contribution >= 0.6 is 0 Å². The molecule has 2 aromatic heterocycles. The lowest BCUT2D eigenvalue weighted by molar-refractivity contribution is 0.0602. The zero-order valence-electron chi connectivity index (χ0n) is 12.3. The number of pyridine rings is 1. The summed E-state index contributed by atoms with van der Waals surface area (Å²) in [6, 6.07) is 11.1. The van der Waals surface area contributed by atoms with Crippen molar-refractivity contribution >= 4 is 11.6 Å². The van der Waals surface area contributed by atoms with Crippen molar-refractivity contribution in [3.8, 4) is 5.75 Å². The van der Waals surface area contributed by atoms with Crippen LogP contribution in [-0.4, -0.2) is 34.8 Å². The molecule has 1 aromatic carbocycles. The van der Waals surface area contributed by atoms with Gasteiger partial charge in [0.1, 0.15) is 11.3 Å². The van der Waals surface area contributed by atoms with Gasteiger partial charge in [-0.05, 0) is 29.8 Å². The quantitative estimate of drug-likeness (QED) is 0.690. The second-order valence-corrected chi connectivity index (χ2v) is 4.73. The van der Waals surface area contributed by atoms with Gasteiger partial charge in [-0.25, -0.2) is 14.3 Å². The highest BCUT2D eigenvalue weighted by Gasteiger charge is 2.14. The lowest BCUT2D eigenvalue weighted by Gasteiger charge is -2.00. The molecule has 6 heteroatoms. The molecule has 0 unspecified atom stereocenters. The van der Waals surface area contributed by atoms with Gasteiger partial charge in [0.15, 0.2) is 11.5 Å². The topological polar surface area (TPSA) is 65.7 Å². The van der Waals surface area contributed by atoms with Gasteiger partial charge in [0.05, 0.1) is 14.2 Å². The first-order valence-corrected chi connectivity index (χ1v) is 6.77. The molecule has 3 rings (SSSR count). The first-order valence-electron chi connectivity index (χ1n) is 6.77. The van der Waals surface area contributed by atoms with Crippen molar-refractivity contribution in [3.05, 3.63) is 59.5 Å². The van der Waals surface area contributed by atoms with E-state index in [1.165, 1.54) is 7.11 Å². The van der Waals surface area contributed by atoms with Crippen molar-refractivity contribution < 1.29 is 14.3 Å². The van der Waals surface area contributed by atoms with E-state index >= 15 is 0 Å². The van der Waals surface area contributed by atoms with Gasteiger partial charge in [-0.2, -0.15) is 5.10 Å². The van der Waals surface area contributed by atoms with Gasteiger partial charge >= 0.3 is 5.97 Å². The van der Waals surface area contributed by atoms with Crippen LogP contribution in [0.15, 0.2) is 42.6 Å². The molecule has 0 aliphatic carbocycles. The highest BCUT2D eigenvalue weighted by atomic mass is 16.5. The summed E-state index contributed by atoms with van der Waals surface area (Å²) >= 11 is 0. The van der Waals surface area contributed by atoms with Crippen LogP contribution in [0.5, 0.6) is 5.75 Å². The number of hydrogen-bond acceptors (Lipinski definition) is 5. The van der Waals surface area contributed by atoms with Crippen molar-refractivity contribution in [1.29, 1.82) is 0 Å². The van der Waals surface area contributed by atoms with Crippen molar-refractivity contribution in [2.45, 2.75) is 6.42 Å². The zero-order chi connectivity index (χ0) is 15.5. The van der Waals surface area contributed by atoms with Gasteiger partial charge in [-0.3, -0.25) is 0 Å². The highest BCUT2D eigenvalue weighted by Crippen LogP contribution is 2.15. The van der Waals surface area contributed by atoms with Gasteiger partial charge in [0.2, 0.25) is 0 Å². The summed E-state index contributed by atoms with van der Waals surface area (Å²) in [7, 11) is 2.98. The average Bonchev–Trinajstić information content (AvgIpc) is 2.97. The van der Waals surface area contributed by atoms with Crippen molar-refractivity contribution in [2.24, 2.45) is 0 Å². The molecule has 0 radical (unpaired) electrons. The molecule has 0 saturated heterocycles. The Morgan fingerprint density at radius 2 is 1.95 bits per heavy atom. The second kappa shape index (κ2) is 5.85. The van der Waals surface area contributed by atoms with Crippen LogP contribution in [-0.2, 0) is 11.2 Å². The Balaban J connectivity index is 1.93. The predicted octanol–water partition coefficient (Wildman–Crippen LogP) is 2.12. The molecule has 0 saturated carbocycles. The summed E-state index contributed by atoms with van der Waals surface area (Å²) in [6.45, 7) is 0. The fourth-order valence-electron chi connectivity index (χ4n) is 2.22. The fourth-order valence-corrected chi connectivity index (χ4v) is 2.22. The number of fused-ring (bicyclic) bond motifs is 1. The van der Waals surface area contributed by atoms with Crippen molar-refractivity contribution in [2.75, 3.05) is 14.2 Å². The lowest BCUT2D eigenvalue weighted by atomic mass is 10.1. The molecule has 0 bridgehead atoms. The molecule has 0 aliphatic rings. The Labute approximate surface area is 127 Å². The molecule has 112 valence electrons. The van der Waals surface area contributed by atoms with Crippen molar-refractivity contribution in [3.63, 3.8) is 0 Å². The number of aromatic nitrogens is 3. The molecule has 2 heterocycles. The smallest absolute Gasteiger partial charge is 0.341 e. The third kappa shape index (κ3) is 2.63. The molecule has 0 atom stereocenters. The number of methoxy groups -OCH3 is 2. The zero-order valence-corrected chi connectivity index (χ0v) is 12.3. The monoisotopic (exact) mass is 297 g/mol. The van der Waals surface area contributed by atoms with E-state index in [0.29, 0.717) is 23.5 Å². The minimum Gasteiger partial charge on any atom is -0.497 e. The van der Waals surface area contributed by atoms with Crippen LogP contribution in [0, 0.1) is 0 Å². The first kappa shape index (κ1) is 14.1. The normalized spacial score (nSPS) is 10.6.